The van der Waals surface area contributed by atoms with Gasteiger partial charge in [0, 0.05) is 5.69 Å². The van der Waals surface area contributed by atoms with Gasteiger partial charge in [-0.25, -0.2) is 9.97 Å². The average Bonchev–Trinajstić information content (AvgIpc) is 3.05. The highest BCUT2D eigenvalue weighted by molar-refractivity contribution is 7.16. The number of rotatable bonds is 2. The van der Waals surface area contributed by atoms with Crippen LogP contribution in [0.4, 0.5) is 11.5 Å². The average molecular weight is 303 g/mol. The summed E-state index contributed by atoms with van der Waals surface area (Å²) in [4.78, 5) is 19.6. The van der Waals surface area contributed by atoms with Gasteiger partial charge in [0.05, 0.1) is 22.1 Å². The number of aromatic nitrogens is 5. The van der Waals surface area contributed by atoms with Gasteiger partial charge >= 0.3 is 0 Å². The van der Waals surface area contributed by atoms with Gasteiger partial charge in [0.15, 0.2) is 11.5 Å². The molecule has 2 N–H and O–H groups in total. The normalized spacial score (nSPS) is 11.2. The number of fused-ring (bicyclic) bond motifs is 2. The summed E-state index contributed by atoms with van der Waals surface area (Å²) in [5, 5.41) is 3.39. The van der Waals surface area contributed by atoms with Crippen LogP contribution in [0.5, 0.6) is 0 Å². The number of hydrogen-bond acceptors (Lipinski definition) is 6. The minimum atomic E-state index is 0.158. The van der Waals surface area contributed by atoms with Crippen LogP contribution in [0.3, 0.4) is 0 Å². The number of benzene rings is 1. The van der Waals surface area contributed by atoms with E-state index < -0.39 is 0 Å². The lowest BCUT2D eigenvalue weighted by Crippen LogP contribution is -1.97. The smallest absolute Gasteiger partial charge is 0.226 e. The standard InChI is InChI=1S/C12H7ClN6S/c13-12-18-10-9(14-4-15-10)11(19-12)17-6-1-2-7-8(3-6)20-5-16-7/h1-5H,(H2,14,15,17,18,19). The van der Waals surface area contributed by atoms with Crippen LogP contribution in [0.2, 0.25) is 5.28 Å². The molecule has 0 spiro atoms. The fourth-order valence-electron chi connectivity index (χ4n) is 1.97. The quantitative estimate of drug-likeness (QED) is 0.555. The van der Waals surface area contributed by atoms with E-state index in [1.165, 1.54) is 0 Å². The van der Waals surface area contributed by atoms with E-state index in [4.69, 9.17) is 11.6 Å². The second kappa shape index (κ2) is 4.39. The van der Waals surface area contributed by atoms with Crippen molar-refractivity contribution in [2.24, 2.45) is 0 Å². The summed E-state index contributed by atoms with van der Waals surface area (Å²) in [6.07, 6.45) is 1.56. The maximum atomic E-state index is 5.90. The molecule has 8 heteroatoms. The van der Waals surface area contributed by atoms with Crippen LogP contribution < -0.4 is 5.32 Å². The van der Waals surface area contributed by atoms with E-state index in [0.29, 0.717) is 11.5 Å². The Hall–Kier alpha value is -2.25. The fourth-order valence-corrected chi connectivity index (χ4v) is 2.85. The summed E-state index contributed by atoms with van der Waals surface area (Å²) in [7, 11) is 0. The van der Waals surface area contributed by atoms with Crippen molar-refractivity contribution in [1.82, 2.24) is 24.9 Å². The van der Waals surface area contributed by atoms with E-state index >= 15 is 0 Å². The monoisotopic (exact) mass is 302 g/mol. The van der Waals surface area contributed by atoms with E-state index in [1.54, 1.807) is 17.7 Å². The molecule has 0 aliphatic heterocycles. The molecule has 3 aromatic heterocycles. The van der Waals surface area contributed by atoms with Crippen LogP contribution in [0, 0.1) is 0 Å². The first-order valence-electron chi connectivity index (χ1n) is 5.76. The van der Waals surface area contributed by atoms with Crippen LogP contribution in [-0.2, 0) is 0 Å². The Morgan fingerprint density at radius 1 is 1.20 bits per heavy atom. The van der Waals surface area contributed by atoms with Gasteiger partial charge in [-0.2, -0.15) is 9.97 Å². The number of halogens is 1. The maximum Gasteiger partial charge on any atom is 0.226 e. The maximum absolute atomic E-state index is 5.90. The van der Waals surface area contributed by atoms with Crippen molar-refractivity contribution < 1.29 is 0 Å². The van der Waals surface area contributed by atoms with Crippen molar-refractivity contribution in [2.75, 3.05) is 5.32 Å². The Bertz CT molecular complexity index is 915. The molecule has 98 valence electrons. The van der Waals surface area contributed by atoms with Gasteiger partial charge in [-0.15, -0.1) is 11.3 Å². The van der Waals surface area contributed by atoms with Gasteiger partial charge < -0.3 is 10.3 Å². The Kier molecular flexibility index (Phi) is 2.54. The van der Waals surface area contributed by atoms with Crippen molar-refractivity contribution in [3.63, 3.8) is 0 Å². The summed E-state index contributed by atoms with van der Waals surface area (Å²) in [5.74, 6) is 0.598. The van der Waals surface area contributed by atoms with Crippen LogP contribution in [0.1, 0.15) is 0 Å². The van der Waals surface area contributed by atoms with E-state index in [-0.39, 0.29) is 5.28 Å². The summed E-state index contributed by atoms with van der Waals surface area (Å²) in [5.41, 5.74) is 4.97. The van der Waals surface area contributed by atoms with Crippen molar-refractivity contribution in [1.29, 1.82) is 0 Å². The Morgan fingerprint density at radius 3 is 3.10 bits per heavy atom. The predicted octanol–water partition coefficient (Wildman–Crippen LogP) is 3.36. The number of H-pyrrole nitrogens is 1. The minimum absolute atomic E-state index is 0.158. The van der Waals surface area contributed by atoms with E-state index in [0.717, 1.165) is 21.4 Å². The number of aromatic amines is 1. The number of imidazole rings is 1. The second-order valence-electron chi connectivity index (χ2n) is 4.10. The Balaban J connectivity index is 1.81. The first-order valence-corrected chi connectivity index (χ1v) is 7.02. The number of anilines is 2. The molecule has 0 saturated carbocycles. The molecule has 6 nitrogen and oxygen atoms in total. The third-order valence-electron chi connectivity index (χ3n) is 2.85. The molecule has 0 unspecified atom stereocenters. The number of nitrogens with one attached hydrogen (secondary N) is 2. The lowest BCUT2D eigenvalue weighted by Gasteiger charge is -2.06. The zero-order chi connectivity index (χ0) is 13.5. The van der Waals surface area contributed by atoms with E-state index in [1.807, 2.05) is 23.7 Å². The predicted molar refractivity (Wildman–Crippen MR) is 79.6 cm³/mol. The minimum Gasteiger partial charge on any atom is -0.340 e. The van der Waals surface area contributed by atoms with Crippen LogP contribution >= 0.6 is 22.9 Å². The first-order chi connectivity index (χ1) is 9.79. The zero-order valence-corrected chi connectivity index (χ0v) is 11.5. The largest absolute Gasteiger partial charge is 0.340 e. The van der Waals surface area contributed by atoms with Crippen molar-refractivity contribution in [2.45, 2.75) is 0 Å². The summed E-state index contributed by atoms with van der Waals surface area (Å²) in [6.45, 7) is 0. The molecule has 4 aromatic rings. The van der Waals surface area contributed by atoms with Crippen LogP contribution in [0.15, 0.2) is 30.0 Å². The third-order valence-corrected chi connectivity index (χ3v) is 3.81. The molecule has 0 aliphatic carbocycles. The van der Waals surface area contributed by atoms with E-state index in [9.17, 15) is 0 Å². The lowest BCUT2D eigenvalue weighted by molar-refractivity contribution is 1.20. The SMILES string of the molecule is Clc1nc(Nc2ccc3ncsc3c2)c2[nH]cnc2n1. The number of hydrogen-bond donors (Lipinski definition) is 2. The van der Waals surface area contributed by atoms with Crippen molar-refractivity contribution >= 4 is 55.8 Å². The zero-order valence-electron chi connectivity index (χ0n) is 9.96. The van der Waals surface area contributed by atoms with Crippen LogP contribution in [-0.4, -0.2) is 24.9 Å². The lowest BCUT2D eigenvalue weighted by atomic mass is 10.3. The summed E-state index contributed by atoms with van der Waals surface area (Å²) in [6, 6.07) is 5.92. The molecule has 0 fully saturated rings. The first kappa shape index (κ1) is 11.6. The molecule has 0 amide bonds. The second-order valence-corrected chi connectivity index (χ2v) is 5.33. The van der Waals surface area contributed by atoms with Gasteiger partial charge in [-0.1, -0.05) is 0 Å². The van der Waals surface area contributed by atoms with Gasteiger partial charge in [0.1, 0.15) is 5.52 Å². The molecule has 4 rings (SSSR count). The third kappa shape index (κ3) is 1.87. The van der Waals surface area contributed by atoms with Gasteiger partial charge in [-0.3, -0.25) is 0 Å². The molecule has 1 aromatic carbocycles. The Labute approximate surface area is 121 Å². The molecule has 0 atom stereocenters. The van der Waals surface area contributed by atoms with Crippen molar-refractivity contribution in [3.05, 3.63) is 35.3 Å². The molecular formula is C12H7ClN6S. The number of nitrogens with zero attached hydrogens (tertiary/aromatic N) is 4. The molecular weight excluding hydrogens is 296 g/mol. The summed E-state index contributed by atoms with van der Waals surface area (Å²) >= 11 is 7.49. The molecule has 3 heterocycles. The Morgan fingerprint density at radius 2 is 2.15 bits per heavy atom. The molecule has 0 saturated heterocycles. The fraction of sp³-hybridized carbons (Fsp3) is 0. The highest BCUT2D eigenvalue weighted by atomic mass is 35.5. The topological polar surface area (TPSA) is 79.4 Å². The van der Waals surface area contributed by atoms with Gasteiger partial charge in [0.2, 0.25) is 5.28 Å². The molecule has 20 heavy (non-hydrogen) atoms. The molecule has 0 radical (unpaired) electrons. The highest BCUT2D eigenvalue weighted by Crippen LogP contribution is 2.26. The van der Waals surface area contributed by atoms with Crippen molar-refractivity contribution in [3.8, 4) is 0 Å². The molecule has 0 aliphatic rings. The van der Waals surface area contributed by atoms with Crippen LogP contribution in [0.25, 0.3) is 21.4 Å². The van der Waals surface area contributed by atoms with Gasteiger partial charge in [0.25, 0.3) is 0 Å². The number of thiazole rings is 1. The van der Waals surface area contributed by atoms with Gasteiger partial charge in [-0.05, 0) is 29.8 Å². The van der Waals surface area contributed by atoms with E-state index in [2.05, 4.69) is 30.2 Å². The highest BCUT2D eigenvalue weighted by Gasteiger charge is 2.09. The summed E-state index contributed by atoms with van der Waals surface area (Å²) < 4.78 is 1.11. The molecule has 0 bridgehead atoms.